The minimum absolute atomic E-state index is 0.698. The lowest BCUT2D eigenvalue weighted by Crippen LogP contribution is -2.12. The molecule has 0 aliphatic heterocycles. The molecule has 0 aromatic heterocycles. The van der Waals surface area contributed by atoms with Gasteiger partial charge < -0.3 is 5.32 Å². The Morgan fingerprint density at radius 2 is 2.50 bits per heavy atom. The first-order valence-corrected chi connectivity index (χ1v) is 2.60. The third-order valence-electron chi connectivity index (χ3n) is 0.372. The number of nitrogens with one attached hydrogen (secondary N) is 1. The van der Waals surface area contributed by atoms with Gasteiger partial charge in [0, 0.05) is 6.54 Å². The molecule has 0 fully saturated rings. The van der Waals surface area contributed by atoms with Crippen LogP contribution in [0.15, 0.2) is 0 Å². The summed E-state index contributed by atoms with van der Waals surface area (Å²) in [4.78, 5) is 9.44. The molecule has 1 atom stereocenters. The number of rotatable bonds is 3. The summed E-state index contributed by atoms with van der Waals surface area (Å²) in [5.41, 5.74) is 0. The number of hydrogen-bond acceptors (Lipinski definition) is 1. The molecule has 0 radical (unpaired) electrons. The van der Waals surface area contributed by atoms with Crippen LogP contribution >= 0.6 is 9.24 Å². The maximum atomic E-state index is 9.44. The van der Waals surface area contributed by atoms with Crippen LogP contribution in [0.4, 0.5) is 0 Å². The Hall–Kier alpha value is -0.100. The molecule has 0 aromatic carbocycles. The first kappa shape index (κ1) is 5.90. The van der Waals surface area contributed by atoms with E-state index in [0.717, 1.165) is 12.7 Å². The summed E-state index contributed by atoms with van der Waals surface area (Å²) < 4.78 is 0. The molecule has 0 rings (SSSR count). The van der Waals surface area contributed by atoms with Gasteiger partial charge >= 0.3 is 0 Å². The van der Waals surface area contributed by atoms with Crippen molar-refractivity contribution in [2.24, 2.45) is 0 Å². The Morgan fingerprint density at radius 1 is 1.83 bits per heavy atom. The number of amides is 1. The van der Waals surface area contributed by atoms with Gasteiger partial charge in [-0.15, -0.1) is 9.24 Å². The molecule has 0 bridgehead atoms. The highest BCUT2D eigenvalue weighted by atomic mass is 31.0. The molecule has 1 N–H and O–H groups in total. The minimum atomic E-state index is 0.698. The van der Waals surface area contributed by atoms with Crippen molar-refractivity contribution >= 4 is 15.6 Å². The highest BCUT2D eigenvalue weighted by molar-refractivity contribution is 7.16. The fourth-order valence-corrected chi connectivity index (χ4v) is 0.309. The summed E-state index contributed by atoms with van der Waals surface area (Å²) >= 11 is 0. The van der Waals surface area contributed by atoms with Crippen LogP contribution in [0.2, 0.25) is 0 Å². The summed E-state index contributed by atoms with van der Waals surface area (Å²) in [6, 6.07) is 0. The fourth-order valence-electron chi connectivity index (χ4n) is 0.142. The van der Waals surface area contributed by atoms with Crippen LogP contribution in [0.1, 0.15) is 0 Å². The molecule has 0 spiro atoms. The molecule has 6 heavy (non-hydrogen) atoms. The van der Waals surface area contributed by atoms with Crippen molar-refractivity contribution in [2.45, 2.75) is 0 Å². The van der Waals surface area contributed by atoms with Gasteiger partial charge in [0.25, 0.3) is 0 Å². The number of carbonyl (C=O) groups excluding carboxylic acids is 1. The predicted octanol–water partition coefficient (Wildman–Crippen LogP) is -0.393. The molecule has 0 saturated carbocycles. The summed E-state index contributed by atoms with van der Waals surface area (Å²) in [6.45, 7) is 0.758. The minimum Gasteiger partial charge on any atom is -0.358 e. The Balaban J connectivity index is 2.49. The van der Waals surface area contributed by atoms with Crippen LogP contribution in [0.5, 0.6) is 0 Å². The lowest BCUT2D eigenvalue weighted by Gasteiger charge is -1.86. The van der Waals surface area contributed by atoms with E-state index in [1.807, 2.05) is 0 Å². The molecule has 3 heteroatoms. The lowest BCUT2D eigenvalue weighted by molar-refractivity contribution is -0.109. The van der Waals surface area contributed by atoms with Gasteiger partial charge in [0.05, 0.1) is 0 Å². The van der Waals surface area contributed by atoms with E-state index in [-0.39, 0.29) is 0 Å². The van der Waals surface area contributed by atoms with Crippen LogP contribution in [0.3, 0.4) is 0 Å². The van der Waals surface area contributed by atoms with Crippen LogP contribution < -0.4 is 5.32 Å². The number of carbonyl (C=O) groups is 1. The van der Waals surface area contributed by atoms with Gasteiger partial charge in [-0.25, -0.2) is 0 Å². The van der Waals surface area contributed by atoms with Gasteiger partial charge in [-0.3, -0.25) is 4.79 Å². The zero-order valence-electron chi connectivity index (χ0n) is 3.48. The van der Waals surface area contributed by atoms with Crippen LogP contribution in [0.25, 0.3) is 0 Å². The van der Waals surface area contributed by atoms with Gasteiger partial charge in [0.15, 0.2) is 0 Å². The third kappa shape index (κ3) is 3.90. The van der Waals surface area contributed by atoms with E-state index in [1.54, 1.807) is 0 Å². The number of hydrogen-bond donors (Lipinski definition) is 1. The topological polar surface area (TPSA) is 29.1 Å². The second kappa shape index (κ2) is 4.90. The largest absolute Gasteiger partial charge is 0.358 e. The molecule has 0 saturated heterocycles. The third-order valence-corrected chi connectivity index (χ3v) is 0.661. The summed E-state index contributed by atoms with van der Waals surface area (Å²) in [7, 11) is 2.51. The average molecular weight is 105 g/mol. The Labute approximate surface area is 39.5 Å². The van der Waals surface area contributed by atoms with E-state index >= 15 is 0 Å². The zero-order chi connectivity index (χ0) is 4.83. The quantitative estimate of drug-likeness (QED) is 0.295. The molecule has 1 unspecified atom stereocenters. The normalized spacial score (nSPS) is 7.50. The van der Waals surface area contributed by atoms with Crippen molar-refractivity contribution < 1.29 is 4.79 Å². The van der Waals surface area contributed by atoms with Crippen molar-refractivity contribution in [2.75, 3.05) is 12.7 Å². The van der Waals surface area contributed by atoms with E-state index in [4.69, 9.17) is 0 Å². The van der Waals surface area contributed by atoms with Crippen molar-refractivity contribution in [1.29, 1.82) is 0 Å². The molecule has 0 aliphatic carbocycles. The van der Waals surface area contributed by atoms with Gasteiger partial charge in [0.2, 0.25) is 6.41 Å². The van der Waals surface area contributed by atoms with Gasteiger partial charge in [-0.2, -0.15) is 0 Å². The van der Waals surface area contributed by atoms with Crippen molar-refractivity contribution in [3.8, 4) is 0 Å². The second-order valence-corrected chi connectivity index (χ2v) is 1.44. The summed E-state index contributed by atoms with van der Waals surface area (Å²) in [5.74, 6) is 0. The lowest BCUT2D eigenvalue weighted by atomic mass is 10.8. The van der Waals surface area contributed by atoms with E-state index < -0.39 is 0 Å². The first-order chi connectivity index (χ1) is 2.91. The Morgan fingerprint density at radius 3 is 2.67 bits per heavy atom. The average Bonchev–Trinajstić information content (AvgIpc) is 1.61. The molecular formula is C3H8NOP. The standard InChI is InChI=1S/C3H8NOP/c5-3-4-1-2-6/h3H,1-2,6H2,(H,4,5). The molecule has 0 aromatic rings. The van der Waals surface area contributed by atoms with E-state index in [0.29, 0.717) is 6.41 Å². The summed E-state index contributed by atoms with van der Waals surface area (Å²) in [6.07, 6.45) is 1.63. The highest BCUT2D eigenvalue weighted by Crippen LogP contribution is 1.71. The molecule has 0 aliphatic rings. The zero-order valence-corrected chi connectivity index (χ0v) is 4.63. The first-order valence-electron chi connectivity index (χ1n) is 1.79. The fraction of sp³-hybridized carbons (Fsp3) is 0.667. The monoisotopic (exact) mass is 105 g/mol. The van der Waals surface area contributed by atoms with E-state index in [9.17, 15) is 4.79 Å². The van der Waals surface area contributed by atoms with Crippen LogP contribution in [0, 0.1) is 0 Å². The van der Waals surface area contributed by atoms with E-state index in [2.05, 4.69) is 14.6 Å². The van der Waals surface area contributed by atoms with Crippen LogP contribution in [-0.2, 0) is 4.79 Å². The van der Waals surface area contributed by atoms with Gasteiger partial charge in [0.1, 0.15) is 0 Å². The molecule has 0 heterocycles. The van der Waals surface area contributed by atoms with Gasteiger partial charge in [-0.1, -0.05) is 0 Å². The predicted molar refractivity (Wildman–Crippen MR) is 28.6 cm³/mol. The molecule has 1 amide bonds. The van der Waals surface area contributed by atoms with E-state index in [1.165, 1.54) is 0 Å². The maximum Gasteiger partial charge on any atom is 0.207 e. The van der Waals surface area contributed by atoms with Crippen molar-refractivity contribution in [1.82, 2.24) is 5.32 Å². The van der Waals surface area contributed by atoms with Crippen LogP contribution in [-0.4, -0.2) is 19.1 Å². The molecule has 2 nitrogen and oxygen atoms in total. The van der Waals surface area contributed by atoms with Crippen molar-refractivity contribution in [3.63, 3.8) is 0 Å². The van der Waals surface area contributed by atoms with Gasteiger partial charge in [-0.05, 0) is 6.16 Å². The van der Waals surface area contributed by atoms with Crippen molar-refractivity contribution in [3.05, 3.63) is 0 Å². The summed E-state index contributed by atoms with van der Waals surface area (Å²) in [5, 5.41) is 2.50. The Bertz CT molecular complexity index is 39.8. The smallest absolute Gasteiger partial charge is 0.207 e. The molecular weight excluding hydrogens is 97.0 g/mol. The second-order valence-electron chi connectivity index (χ2n) is 0.861. The highest BCUT2D eigenvalue weighted by Gasteiger charge is 1.69. The Kier molecular flexibility index (Phi) is 4.82. The maximum absolute atomic E-state index is 9.44. The molecule has 36 valence electrons. The SMILES string of the molecule is O=CNCCP.